The van der Waals surface area contributed by atoms with E-state index in [0.29, 0.717) is 0 Å². The summed E-state index contributed by atoms with van der Waals surface area (Å²) in [6, 6.07) is 3.64. The summed E-state index contributed by atoms with van der Waals surface area (Å²) in [4.78, 5) is 10.9. The van der Waals surface area contributed by atoms with Gasteiger partial charge in [-0.05, 0) is 24.1 Å². The number of benzene rings is 1. The molecule has 0 radical (unpaired) electrons. The van der Waals surface area contributed by atoms with E-state index in [-0.39, 0.29) is 35.2 Å². The maximum atomic E-state index is 12.5. The van der Waals surface area contributed by atoms with Crippen molar-refractivity contribution in [2.24, 2.45) is 5.92 Å². The highest BCUT2D eigenvalue weighted by Gasteiger charge is 2.49. The van der Waals surface area contributed by atoms with Crippen LogP contribution in [0.2, 0.25) is 0 Å². The molecule has 7 nitrogen and oxygen atoms in total. The summed E-state index contributed by atoms with van der Waals surface area (Å²) in [5.74, 6) is -1.45. The van der Waals surface area contributed by atoms with E-state index in [1.54, 1.807) is 13.8 Å². The Kier molecular flexibility index (Phi) is 3.73. The number of hydrogen-bond donors (Lipinski definition) is 3. The Morgan fingerprint density at radius 2 is 1.95 bits per heavy atom. The third-order valence-corrected chi connectivity index (χ3v) is 5.68. The first-order valence-corrected chi connectivity index (χ1v) is 7.87. The fraction of sp³-hybridized carbons (Fsp3) is 0.462. The van der Waals surface area contributed by atoms with Gasteiger partial charge in [-0.3, -0.25) is 0 Å². The van der Waals surface area contributed by atoms with E-state index in [2.05, 4.69) is 0 Å². The van der Waals surface area contributed by atoms with Crippen LogP contribution in [-0.2, 0) is 10.0 Å². The predicted octanol–water partition coefficient (Wildman–Crippen LogP) is 0.358. The first kappa shape index (κ1) is 15.7. The lowest BCUT2D eigenvalue weighted by Crippen LogP contribution is -2.65. The van der Waals surface area contributed by atoms with Gasteiger partial charge in [-0.15, -0.1) is 0 Å². The average Bonchev–Trinajstić information content (AvgIpc) is 2.33. The van der Waals surface area contributed by atoms with Crippen molar-refractivity contribution in [2.45, 2.75) is 24.3 Å². The fourth-order valence-corrected chi connectivity index (χ4v) is 3.91. The van der Waals surface area contributed by atoms with Crippen LogP contribution in [0.5, 0.6) is 0 Å². The Morgan fingerprint density at radius 1 is 1.38 bits per heavy atom. The molecule has 4 N–H and O–H groups in total. The van der Waals surface area contributed by atoms with Crippen LogP contribution >= 0.6 is 0 Å². The molecule has 1 saturated heterocycles. The number of carboxylic acid groups (broad SMARTS) is 1. The molecule has 1 heterocycles. The van der Waals surface area contributed by atoms with E-state index in [0.717, 1.165) is 10.4 Å². The molecule has 1 aromatic carbocycles. The van der Waals surface area contributed by atoms with Crippen LogP contribution in [0.4, 0.5) is 5.69 Å². The number of hydrogen-bond acceptors (Lipinski definition) is 5. The van der Waals surface area contributed by atoms with Crippen LogP contribution in [0.25, 0.3) is 0 Å². The lowest BCUT2D eigenvalue weighted by atomic mass is 9.85. The minimum Gasteiger partial charge on any atom is -0.478 e. The van der Waals surface area contributed by atoms with Gasteiger partial charge in [0.2, 0.25) is 10.0 Å². The van der Waals surface area contributed by atoms with Gasteiger partial charge in [-0.1, -0.05) is 13.8 Å². The molecular formula is C13H18N2O5S. The second-order valence-electron chi connectivity index (χ2n) is 5.59. The summed E-state index contributed by atoms with van der Waals surface area (Å²) in [5.41, 5.74) is 4.25. The number of aromatic carboxylic acids is 1. The highest BCUT2D eigenvalue weighted by molar-refractivity contribution is 7.89. The number of rotatable bonds is 4. The smallest absolute Gasteiger partial charge is 0.337 e. The van der Waals surface area contributed by atoms with Crippen molar-refractivity contribution in [1.29, 1.82) is 0 Å². The minimum atomic E-state index is -3.96. The highest BCUT2D eigenvalue weighted by atomic mass is 32.2. The first-order valence-electron chi connectivity index (χ1n) is 6.43. The molecule has 0 bridgehead atoms. The number of carboxylic acids is 1. The van der Waals surface area contributed by atoms with Crippen LogP contribution in [0.3, 0.4) is 0 Å². The van der Waals surface area contributed by atoms with Crippen LogP contribution in [0.15, 0.2) is 23.1 Å². The quantitative estimate of drug-likeness (QED) is 0.690. The zero-order valence-electron chi connectivity index (χ0n) is 11.8. The van der Waals surface area contributed by atoms with Gasteiger partial charge in [0.15, 0.2) is 0 Å². The Hall–Kier alpha value is -1.64. The van der Waals surface area contributed by atoms with E-state index in [1.807, 2.05) is 0 Å². The van der Waals surface area contributed by atoms with E-state index in [4.69, 9.17) is 10.8 Å². The van der Waals surface area contributed by atoms with Gasteiger partial charge in [0.1, 0.15) is 0 Å². The molecule has 21 heavy (non-hydrogen) atoms. The summed E-state index contributed by atoms with van der Waals surface area (Å²) < 4.78 is 26.0. The molecule has 0 aromatic heterocycles. The maximum Gasteiger partial charge on any atom is 0.337 e. The lowest BCUT2D eigenvalue weighted by molar-refractivity contribution is -0.0932. The number of nitrogen functional groups attached to an aromatic ring is 1. The van der Waals surface area contributed by atoms with Gasteiger partial charge in [0.25, 0.3) is 0 Å². The number of nitrogens with zero attached hydrogens (tertiary/aromatic N) is 1. The topological polar surface area (TPSA) is 121 Å². The minimum absolute atomic E-state index is 0.0452. The monoisotopic (exact) mass is 314 g/mol. The molecular weight excluding hydrogens is 296 g/mol. The maximum absolute atomic E-state index is 12.5. The average molecular weight is 314 g/mol. The standard InChI is InChI=1S/C13H18N2O5S/c1-8(2)13(18)6-15(7-13)21(19,20)11-4-3-9(14)5-10(11)12(16)17/h3-5,8,18H,6-7,14H2,1-2H3,(H,16,17). The third-order valence-electron chi connectivity index (χ3n) is 3.83. The zero-order chi connectivity index (χ0) is 16.0. The zero-order valence-corrected chi connectivity index (χ0v) is 12.6. The molecule has 8 heteroatoms. The Morgan fingerprint density at radius 3 is 2.43 bits per heavy atom. The predicted molar refractivity (Wildman–Crippen MR) is 76.4 cm³/mol. The molecule has 0 spiro atoms. The number of β-amino-alcohol motifs (C(OH)–C–C–N with tert-alkyl or cyclic N) is 1. The molecule has 0 unspecified atom stereocenters. The molecule has 0 atom stereocenters. The molecule has 1 aromatic rings. The SMILES string of the molecule is CC(C)C1(O)CN(S(=O)(=O)c2ccc(N)cc2C(=O)O)C1. The summed E-state index contributed by atoms with van der Waals surface area (Å²) in [6.07, 6.45) is 0. The van der Waals surface area contributed by atoms with E-state index in [9.17, 15) is 18.3 Å². The number of anilines is 1. The van der Waals surface area contributed by atoms with Crippen molar-refractivity contribution in [3.05, 3.63) is 23.8 Å². The van der Waals surface area contributed by atoms with Gasteiger partial charge in [0.05, 0.1) is 16.1 Å². The normalized spacial score (nSPS) is 18.5. The second kappa shape index (κ2) is 4.97. The lowest BCUT2D eigenvalue weighted by Gasteiger charge is -2.47. The number of nitrogens with two attached hydrogens (primary N) is 1. The highest BCUT2D eigenvalue weighted by Crippen LogP contribution is 2.34. The first-order chi connectivity index (χ1) is 9.58. The number of sulfonamides is 1. The molecule has 2 rings (SSSR count). The summed E-state index contributed by atoms with van der Waals surface area (Å²) in [5, 5.41) is 19.3. The largest absolute Gasteiger partial charge is 0.478 e. The van der Waals surface area contributed by atoms with Gasteiger partial charge in [-0.25, -0.2) is 13.2 Å². The molecule has 0 saturated carbocycles. The Balaban J connectivity index is 2.37. The van der Waals surface area contributed by atoms with Crippen molar-refractivity contribution in [3.8, 4) is 0 Å². The fourth-order valence-electron chi connectivity index (χ4n) is 2.18. The van der Waals surface area contributed by atoms with Gasteiger partial charge in [0, 0.05) is 18.8 Å². The molecule has 0 amide bonds. The molecule has 116 valence electrons. The van der Waals surface area contributed by atoms with Gasteiger partial charge < -0.3 is 15.9 Å². The van der Waals surface area contributed by atoms with Crippen LogP contribution in [0.1, 0.15) is 24.2 Å². The molecule has 1 aliphatic rings. The number of aliphatic hydroxyl groups is 1. The van der Waals surface area contributed by atoms with Gasteiger partial charge in [-0.2, -0.15) is 4.31 Å². The Labute approximate surface area is 123 Å². The summed E-state index contributed by atoms with van der Waals surface area (Å²) in [6.45, 7) is 3.51. The van der Waals surface area contributed by atoms with Crippen molar-refractivity contribution in [3.63, 3.8) is 0 Å². The van der Waals surface area contributed by atoms with Crippen LogP contribution in [-0.4, -0.2) is 47.6 Å². The molecule has 0 aliphatic carbocycles. The third kappa shape index (κ3) is 2.61. The van der Waals surface area contributed by atoms with Crippen LogP contribution < -0.4 is 5.73 Å². The van der Waals surface area contributed by atoms with E-state index >= 15 is 0 Å². The summed E-state index contributed by atoms with van der Waals surface area (Å²) in [7, 11) is -3.96. The van der Waals surface area contributed by atoms with Crippen molar-refractivity contribution in [1.82, 2.24) is 4.31 Å². The second-order valence-corrected chi connectivity index (χ2v) is 7.50. The van der Waals surface area contributed by atoms with Crippen molar-refractivity contribution >= 4 is 21.7 Å². The van der Waals surface area contributed by atoms with E-state index < -0.39 is 21.6 Å². The number of carbonyl (C=O) groups is 1. The summed E-state index contributed by atoms with van der Waals surface area (Å²) >= 11 is 0. The molecule has 1 aliphatic heterocycles. The van der Waals surface area contributed by atoms with Gasteiger partial charge >= 0.3 is 5.97 Å². The van der Waals surface area contributed by atoms with Crippen molar-refractivity contribution in [2.75, 3.05) is 18.8 Å². The Bertz CT molecular complexity index is 678. The van der Waals surface area contributed by atoms with Crippen molar-refractivity contribution < 1.29 is 23.4 Å². The van der Waals surface area contributed by atoms with E-state index in [1.165, 1.54) is 12.1 Å². The van der Waals surface area contributed by atoms with Crippen LogP contribution in [0, 0.1) is 5.92 Å². The molecule has 1 fully saturated rings.